The minimum atomic E-state index is -0.436. The van der Waals surface area contributed by atoms with Crippen LogP contribution in [0.15, 0.2) is 41.8 Å². The van der Waals surface area contributed by atoms with Crippen LogP contribution in [0.2, 0.25) is 0 Å². The molecule has 0 fully saturated rings. The van der Waals surface area contributed by atoms with E-state index in [1.54, 1.807) is 6.08 Å². The second-order valence-corrected chi connectivity index (χ2v) is 3.27. The molecule has 5 heteroatoms. The number of allylic oxidation sites excluding steroid dienone is 1. The van der Waals surface area contributed by atoms with E-state index in [4.69, 9.17) is 4.84 Å². The van der Waals surface area contributed by atoms with Crippen LogP contribution >= 0.6 is 0 Å². The van der Waals surface area contributed by atoms with Crippen molar-refractivity contribution in [1.82, 2.24) is 0 Å². The number of aryl methyl sites for hydroxylation is 1. The summed E-state index contributed by atoms with van der Waals surface area (Å²) in [5.41, 5.74) is 1.39. The first-order valence-corrected chi connectivity index (χ1v) is 5.00. The number of carbonyl (C=O) groups excluding carboxylic acids is 1. The molecule has 0 radical (unpaired) electrons. The fourth-order valence-electron chi connectivity index (χ4n) is 1.23. The Bertz CT molecular complexity index is 453. The molecule has 0 saturated heterocycles. The summed E-state index contributed by atoms with van der Waals surface area (Å²) in [4.78, 5) is 15.7. The summed E-state index contributed by atoms with van der Waals surface area (Å²) >= 11 is 0. The Morgan fingerprint density at radius 2 is 2.18 bits per heavy atom. The molecule has 0 aliphatic rings. The van der Waals surface area contributed by atoms with E-state index in [9.17, 15) is 4.79 Å². The van der Waals surface area contributed by atoms with E-state index in [-0.39, 0.29) is 0 Å². The lowest BCUT2D eigenvalue weighted by Gasteiger charge is -1.98. The normalized spacial score (nSPS) is 11.6. The zero-order chi connectivity index (χ0) is 12.7. The van der Waals surface area contributed by atoms with Crippen LogP contribution in [0.3, 0.4) is 0 Å². The highest BCUT2D eigenvalue weighted by atomic mass is 16.6. The number of pyridine rings is 1. The molecule has 17 heavy (non-hydrogen) atoms. The van der Waals surface area contributed by atoms with Crippen LogP contribution in [0, 0.1) is 0 Å². The first-order valence-electron chi connectivity index (χ1n) is 5.00. The Balaban J connectivity index is 2.98. The number of nitrogens with zero attached hydrogens (tertiary/aromatic N) is 2. The van der Waals surface area contributed by atoms with Crippen molar-refractivity contribution in [1.29, 1.82) is 0 Å². The SMILES string of the molecule is CON=C(C=CC(=O)OC)c1ccc[n+](C)c1. The Hall–Kier alpha value is -2.17. The molecule has 1 aromatic rings. The van der Waals surface area contributed by atoms with E-state index < -0.39 is 5.97 Å². The number of ether oxygens (including phenoxy) is 1. The van der Waals surface area contributed by atoms with E-state index >= 15 is 0 Å². The number of hydrogen-bond acceptors (Lipinski definition) is 4. The Morgan fingerprint density at radius 1 is 1.41 bits per heavy atom. The average Bonchev–Trinajstić information content (AvgIpc) is 2.34. The molecule has 0 N–H and O–H groups in total. The van der Waals surface area contributed by atoms with Crippen molar-refractivity contribution in [3.05, 3.63) is 42.2 Å². The van der Waals surface area contributed by atoms with Crippen LogP contribution < -0.4 is 4.57 Å². The Kier molecular flexibility index (Phi) is 4.87. The van der Waals surface area contributed by atoms with Gasteiger partial charge in [0.25, 0.3) is 0 Å². The van der Waals surface area contributed by atoms with Gasteiger partial charge in [0.15, 0.2) is 12.4 Å². The van der Waals surface area contributed by atoms with Crippen molar-refractivity contribution in [3.63, 3.8) is 0 Å². The van der Waals surface area contributed by atoms with E-state index in [1.807, 2.05) is 36.1 Å². The molecular formula is C12H15N2O3+. The monoisotopic (exact) mass is 235 g/mol. The molecule has 0 bridgehead atoms. The molecule has 1 aromatic heterocycles. The zero-order valence-corrected chi connectivity index (χ0v) is 10.1. The minimum absolute atomic E-state index is 0.436. The van der Waals surface area contributed by atoms with Gasteiger partial charge in [0.05, 0.1) is 12.7 Å². The highest BCUT2D eigenvalue weighted by Crippen LogP contribution is 2.00. The quantitative estimate of drug-likeness (QED) is 0.252. The van der Waals surface area contributed by atoms with Gasteiger partial charge in [-0.25, -0.2) is 9.36 Å². The third kappa shape index (κ3) is 4.06. The number of aromatic nitrogens is 1. The van der Waals surface area contributed by atoms with Crippen molar-refractivity contribution >= 4 is 11.7 Å². The number of methoxy groups -OCH3 is 1. The van der Waals surface area contributed by atoms with Crippen LogP contribution in [0.25, 0.3) is 0 Å². The molecule has 1 rings (SSSR count). The van der Waals surface area contributed by atoms with Gasteiger partial charge < -0.3 is 9.57 Å². The van der Waals surface area contributed by atoms with Gasteiger partial charge in [-0.2, -0.15) is 0 Å². The molecule has 0 aromatic carbocycles. The number of esters is 1. The molecule has 1 heterocycles. The molecule has 0 aliphatic heterocycles. The first kappa shape index (κ1) is 12.9. The van der Waals surface area contributed by atoms with Crippen LogP contribution in [0.1, 0.15) is 5.56 Å². The van der Waals surface area contributed by atoms with Gasteiger partial charge in [-0.15, -0.1) is 0 Å². The number of rotatable bonds is 4. The van der Waals surface area contributed by atoms with Crippen molar-refractivity contribution < 1.29 is 18.9 Å². The lowest BCUT2D eigenvalue weighted by molar-refractivity contribution is -0.671. The fourth-order valence-corrected chi connectivity index (χ4v) is 1.23. The summed E-state index contributed by atoms with van der Waals surface area (Å²) < 4.78 is 6.39. The van der Waals surface area contributed by atoms with Gasteiger partial charge in [-0.1, -0.05) is 5.16 Å². The summed E-state index contributed by atoms with van der Waals surface area (Å²) in [6.45, 7) is 0. The van der Waals surface area contributed by atoms with E-state index in [1.165, 1.54) is 20.3 Å². The van der Waals surface area contributed by atoms with Gasteiger partial charge in [0.2, 0.25) is 0 Å². The Labute approximate surface area is 100.0 Å². The van der Waals surface area contributed by atoms with Gasteiger partial charge in [0.1, 0.15) is 19.9 Å². The number of hydrogen-bond donors (Lipinski definition) is 0. The maximum absolute atomic E-state index is 11.0. The summed E-state index contributed by atoms with van der Waals surface area (Å²) in [5, 5.41) is 3.85. The summed E-state index contributed by atoms with van der Waals surface area (Å²) in [7, 11) is 4.68. The topological polar surface area (TPSA) is 51.8 Å². The van der Waals surface area contributed by atoms with Crippen LogP contribution in [0.4, 0.5) is 0 Å². The minimum Gasteiger partial charge on any atom is -0.466 e. The van der Waals surface area contributed by atoms with Crippen LogP contribution in [0.5, 0.6) is 0 Å². The molecule has 0 amide bonds. The third-order valence-electron chi connectivity index (χ3n) is 2.00. The van der Waals surface area contributed by atoms with E-state index in [2.05, 4.69) is 9.89 Å². The van der Waals surface area contributed by atoms with Gasteiger partial charge in [-0.3, -0.25) is 0 Å². The fraction of sp³-hybridized carbons (Fsp3) is 0.250. The van der Waals surface area contributed by atoms with Gasteiger partial charge in [0, 0.05) is 12.1 Å². The maximum Gasteiger partial charge on any atom is 0.330 e. The second kappa shape index (κ2) is 6.42. The van der Waals surface area contributed by atoms with Crippen LogP contribution in [-0.4, -0.2) is 25.9 Å². The molecule has 90 valence electrons. The third-order valence-corrected chi connectivity index (χ3v) is 2.00. The first-order chi connectivity index (χ1) is 8.17. The highest BCUT2D eigenvalue weighted by molar-refractivity contribution is 6.10. The van der Waals surface area contributed by atoms with Crippen molar-refractivity contribution in [3.8, 4) is 0 Å². The zero-order valence-electron chi connectivity index (χ0n) is 10.1. The molecule has 0 atom stereocenters. The van der Waals surface area contributed by atoms with E-state index in [0.29, 0.717) is 5.71 Å². The van der Waals surface area contributed by atoms with Gasteiger partial charge >= 0.3 is 5.97 Å². The standard InChI is InChI=1S/C12H15N2O3/c1-14-8-4-5-10(9-14)11(13-17-3)6-7-12(15)16-2/h4-9H,1-3H3/q+1. The number of oxime groups is 1. The average molecular weight is 235 g/mol. The molecule has 0 saturated carbocycles. The molecule has 5 nitrogen and oxygen atoms in total. The largest absolute Gasteiger partial charge is 0.466 e. The van der Waals surface area contributed by atoms with Crippen LogP contribution in [-0.2, 0) is 21.4 Å². The Morgan fingerprint density at radius 3 is 2.76 bits per heavy atom. The van der Waals surface area contributed by atoms with Crippen molar-refractivity contribution in [2.24, 2.45) is 12.2 Å². The summed E-state index contributed by atoms with van der Waals surface area (Å²) in [6.07, 6.45) is 6.62. The number of carbonyl (C=O) groups is 1. The molecular weight excluding hydrogens is 220 g/mol. The summed E-state index contributed by atoms with van der Waals surface area (Å²) in [6, 6.07) is 3.76. The maximum atomic E-state index is 11.0. The predicted octanol–water partition coefficient (Wildman–Crippen LogP) is 0.591. The molecule has 0 unspecified atom stereocenters. The van der Waals surface area contributed by atoms with E-state index in [0.717, 1.165) is 5.56 Å². The lowest BCUT2D eigenvalue weighted by Crippen LogP contribution is -2.27. The van der Waals surface area contributed by atoms with Gasteiger partial charge in [-0.05, 0) is 12.1 Å². The van der Waals surface area contributed by atoms with Crippen molar-refractivity contribution in [2.75, 3.05) is 14.2 Å². The predicted molar refractivity (Wildman–Crippen MR) is 62.3 cm³/mol. The smallest absolute Gasteiger partial charge is 0.330 e. The molecule has 0 aliphatic carbocycles. The highest BCUT2D eigenvalue weighted by Gasteiger charge is 2.05. The lowest BCUT2D eigenvalue weighted by atomic mass is 10.1. The van der Waals surface area contributed by atoms with Crippen molar-refractivity contribution in [2.45, 2.75) is 0 Å². The second-order valence-electron chi connectivity index (χ2n) is 3.27. The molecule has 0 spiro atoms. The summed E-state index contributed by atoms with van der Waals surface area (Å²) in [5.74, 6) is -0.436.